The van der Waals surface area contributed by atoms with Crippen LogP contribution in [0.15, 0.2) is 6.07 Å². The Morgan fingerprint density at radius 3 is 2.82 bits per heavy atom. The minimum absolute atomic E-state index is 0.0198. The summed E-state index contributed by atoms with van der Waals surface area (Å²) in [6.07, 6.45) is 2.93. The summed E-state index contributed by atoms with van der Waals surface area (Å²) in [6.45, 7) is 5.49. The second kappa shape index (κ2) is 7.48. The van der Waals surface area contributed by atoms with E-state index in [1.807, 2.05) is 19.9 Å². The van der Waals surface area contributed by atoms with Crippen LogP contribution in [0.4, 0.5) is 0 Å². The van der Waals surface area contributed by atoms with Crippen molar-refractivity contribution in [1.82, 2.24) is 15.1 Å². The van der Waals surface area contributed by atoms with Gasteiger partial charge < -0.3 is 5.32 Å². The van der Waals surface area contributed by atoms with Crippen molar-refractivity contribution in [2.45, 2.75) is 39.7 Å². The highest BCUT2D eigenvalue weighted by Crippen LogP contribution is 2.05. The number of unbranched alkanes of at least 4 members (excludes halogenated alkanes) is 1. The summed E-state index contributed by atoms with van der Waals surface area (Å²) in [5.41, 5.74) is 1.64. The topological polar surface area (TPSA) is 46.9 Å². The number of nitrogens with zero attached hydrogens (tertiary/aromatic N) is 2. The zero-order chi connectivity index (χ0) is 12.7. The van der Waals surface area contributed by atoms with E-state index >= 15 is 0 Å². The van der Waals surface area contributed by atoms with Crippen LogP contribution >= 0.6 is 15.9 Å². The van der Waals surface area contributed by atoms with Gasteiger partial charge in [0.25, 0.3) is 5.91 Å². The van der Waals surface area contributed by atoms with E-state index < -0.39 is 0 Å². The van der Waals surface area contributed by atoms with Gasteiger partial charge in [-0.3, -0.25) is 9.48 Å². The molecule has 1 N–H and O–H groups in total. The zero-order valence-corrected chi connectivity index (χ0v) is 12.1. The second-order valence-corrected chi connectivity index (χ2v) is 4.64. The van der Waals surface area contributed by atoms with Crippen LogP contribution in [-0.4, -0.2) is 27.6 Å². The molecule has 96 valence electrons. The van der Waals surface area contributed by atoms with Crippen LogP contribution in [0.25, 0.3) is 0 Å². The van der Waals surface area contributed by atoms with Gasteiger partial charge in [-0.2, -0.15) is 5.10 Å². The Morgan fingerprint density at radius 2 is 2.24 bits per heavy atom. The van der Waals surface area contributed by atoms with Crippen molar-refractivity contribution in [3.05, 3.63) is 17.5 Å². The molecular weight excluding hydrogens is 282 g/mol. The van der Waals surface area contributed by atoms with E-state index in [2.05, 4.69) is 26.3 Å². The molecule has 0 spiro atoms. The number of aryl methyl sites for hydroxylation is 2. The molecule has 0 aliphatic rings. The Bertz CT molecular complexity index is 363. The lowest BCUT2D eigenvalue weighted by atomic mass is 10.3. The highest BCUT2D eigenvalue weighted by atomic mass is 79.9. The second-order valence-electron chi connectivity index (χ2n) is 3.84. The molecule has 5 heteroatoms. The summed E-state index contributed by atoms with van der Waals surface area (Å²) in [6, 6.07) is 1.88. The molecule has 0 saturated heterocycles. The fourth-order valence-corrected chi connectivity index (χ4v) is 1.98. The van der Waals surface area contributed by atoms with E-state index in [-0.39, 0.29) is 5.91 Å². The summed E-state index contributed by atoms with van der Waals surface area (Å²) in [7, 11) is 0. The lowest BCUT2D eigenvalue weighted by Gasteiger charge is -2.05. The summed E-state index contributed by atoms with van der Waals surface area (Å²) >= 11 is 3.37. The van der Waals surface area contributed by atoms with Crippen LogP contribution in [0.3, 0.4) is 0 Å². The largest absolute Gasteiger partial charge is 0.351 e. The number of halogens is 1. The third-order valence-corrected chi connectivity index (χ3v) is 3.13. The van der Waals surface area contributed by atoms with Gasteiger partial charge >= 0.3 is 0 Å². The van der Waals surface area contributed by atoms with Crippen LogP contribution in [0, 0.1) is 0 Å². The van der Waals surface area contributed by atoms with E-state index in [0.29, 0.717) is 5.69 Å². The van der Waals surface area contributed by atoms with Crippen molar-refractivity contribution in [3.63, 3.8) is 0 Å². The molecule has 1 rings (SSSR count). The highest BCUT2D eigenvalue weighted by molar-refractivity contribution is 9.09. The molecule has 0 bridgehead atoms. The van der Waals surface area contributed by atoms with E-state index in [1.54, 1.807) is 4.68 Å². The van der Waals surface area contributed by atoms with Crippen LogP contribution in [-0.2, 0) is 13.0 Å². The number of carbonyl (C=O) groups is 1. The summed E-state index contributed by atoms with van der Waals surface area (Å²) in [5, 5.41) is 8.27. The number of amides is 1. The molecule has 1 heterocycles. The molecule has 1 amide bonds. The Balaban J connectivity index is 2.58. The van der Waals surface area contributed by atoms with Crippen molar-refractivity contribution in [2.24, 2.45) is 0 Å². The van der Waals surface area contributed by atoms with E-state index in [0.717, 1.165) is 43.4 Å². The fourth-order valence-electron chi connectivity index (χ4n) is 1.58. The first kappa shape index (κ1) is 14.2. The van der Waals surface area contributed by atoms with Gasteiger partial charge in [-0.15, -0.1) is 0 Å². The molecule has 0 aliphatic heterocycles. The van der Waals surface area contributed by atoms with Crippen LogP contribution in [0.1, 0.15) is 42.9 Å². The van der Waals surface area contributed by atoms with Gasteiger partial charge in [-0.05, 0) is 32.3 Å². The van der Waals surface area contributed by atoms with Gasteiger partial charge in [0.2, 0.25) is 0 Å². The summed E-state index contributed by atoms with van der Waals surface area (Å²) < 4.78 is 1.76. The molecule has 17 heavy (non-hydrogen) atoms. The van der Waals surface area contributed by atoms with Gasteiger partial charge in [0.15, 0.2) is 0 Å². The number of hydrogen-bond acceptors (Lipinski definition) is 2. The van der Waals surface area contributed by atoms with Crippen molar-refractivity contribution in [1.29, 1.82) is 0 Å². The fraction of sp³-hybridized carbons (Fsp3) is 0.667. The third kappa shape index (κ3) is 4.15. The van der Waals surface area contributed by atoms with Gasteiger partial charge in [-0.1, -0.05) is 22.9 Å². The minimum Gasteiger partial charge on any atom is -0.351 e. The Morgan fingerprint density at radius 1 is 1.47 bits per heavy atom. The van der Waals surface area contributed by atoms with Crippen molar-refractivity contribution in [3.8, 4) is 0 Å². The number of carbonyl (C=O) groups excluding carboxylic acids is 1. The predicted molar refractivity (Wildman–Crippen MR) is 72.6 cm³/mol. The summed E-state index contributed by atoms with van der Waals surface area (Å²) in [5.74, 6) is -0.0198. The maximum Gasteiger partial charge on any atom is 0.269 e. The maximum absolute atomic E-state index is 11.9. The van der Waals surface area contributed by atoms with Gasteiger partial charge in [0.05, 0.1) is 5.69 Å². The summed E-state index contributed by atoms with van der Waals surface area (Å²) in [4.78, 5) is 11.9. The number of alkyl halides is 1. The Kier molecular flexibility index (Phi) is 6.26. The van der Waals surface area contributed by atoms with E-state index in [4.69, 9.17) is 0 Å². The van der Waals surface area contributed by atoms with Gasteiger partial charge in [0, 0.05) is 18.4 Å². The molecule has 0 atom stereocenters. The molecule has 0 fully saturated rings. The molecule has 0 aliphatic carbocycles. The van der Waals surface area contributed by atoms with Gasteiger partial charge in [0.1, 0.15) is 5.69 Å². The molecule has 0 saturated carbocycles. The molecule has 0 radical (unpaired) electrons. The predicted octanol–water partition coefficient (Wildman–Crippen LogP) is 2.37. The third-order valence-electron chi connectivity index (χ3n) is 2.57. The quantitative estimate of drug-likeness (QED) is 0.621. The lowest BCUT2D eigenvalue weighted by molar-refractivity contribution is 0.0942. The average Bonchev–Trinajstić information content (AvgIpc) is 2.77. The Hall–Kier alpha value is -0.840. The minimum atomic E-state index is -0.0198. The SMILES string of the molecule is CCc1cc(C(=O)NCCCCBr)n(CC)n1. The maximum atomic E-state index is 11.9. The first-order valence-electron chi connectivity index (χ1n) is 6.13. The van der Waals surface area contributed by atoms with Crippen LogP contribution in [0.2, 0.25) is 0 Å². The monoisotopic (exact) mass is 301 g/mol. The highest BCUT2D eigenvalue weighted by Gasteiger charge is 2.12. The molecular formula is C12H20BrN3O. The van der Waals surface area contributed by atoms with Crippen molar-refractivity contribution >= 4 is 21.8 Å². The number of nitrogens with one attached hydrogen (secondary N) is 1. The molecule has 1 aromatic heterocycles. The number of rotatable bonds is 7. The van der Waals surface area contributed by atoms with Crippen molar-refractivity contribution in [2.75, 3.05) is 11.9 Å². The van der Waals surface area contributed by atoms with Crippen LogP contribution < -0.4 is 5.32 Å². The average molecular weight is 302 g/mol. The first-order valence-corrected chi connectivity index (χ1v) is 7.25. The molecule has 0 aromatic carbocycles. The lowest BCUT2D eigenvalue weighted by Crippen LogP contribution is -2.27. The first-order chi connectivity index (χ1) is 8.22. The molecule has 1 aromatic rings. The van der Waals surface area contributed by atoms with Crippen molar-refractivity contribution < 1.29 is 4.79 Å². The zero-order valence-electron chi connectivity index (χ0n) is 10.5. The Labute approximate surface area is 111 Å². The number of hydrogen-bond donors (Lipinski definition) is 1. The molecule has 4 nitrogen and oxygen atoms in total. The molecule has 0 unspecified atom stereocenters. The van der Waals surface area contributed by atoms with Crippen LogP contribution in [0.5, 0.6) is 0 Å². The standard InChI is InChI=1S/C12H20BrN3O/c1-3-10-9-11(16(4-2)15-10)12(17)14-8-6-5-7-13/h9H,3-8H2,1-2H3,(H,14,17). The van der Waals surface area contributed by atoms with Gasteiger partial charge in [-0.25, -0.2) is 0 Å². The normalized spacial score (nSPS) is 10.5. The number of aromatic nitrogens is 2. The van der Waals surface area contributed by atoms with E-state index in [1.165, 1.54) is 0 Å². The van der Waals surface area contributed by atoms with E-state index in [9.17, 15) is 4.79 Å². The smallest absolute Gasteiger partial charge is 0.269 e.